The van der Waals surface area contributed by atoms with Gasteiger partial charge in [-0.3, -0.25) is 14.2 Å². The van der Waals surface area contributed by atoms with Crippen molar-refractivity contribution in [2.24, 2.45) is 4.99 Å². The Bertz CT molecular complexity index is 1480. The maximum atomic E-state index is 13.7. The smallest absolute Gasteiger partial charge is 0.338 e. The number of hydrogen-bond acceptors (Lipinski definition) is 6. The molecule has 0 spiro atoms. The molecule has 0 radical (unpaired) electrons. The number of benzene rings is 2. The molecule has 160 valence electrons. The van der Waals surface area contributed by atoms with E-state index in [-0.39, 0.29) is 18.1 Å². The number of ether oxygens (including phenoxy) is 1. The Morgan fingerprint density at radius 2 is 1.84 bits per heavy atom. The fourth-order valence-corrected chi connectivity index (χ4v) is 5.28. The average Bonchev–Trinajstić information content (AvgIpc) is 3.28. The molecule has 8 heteroatoms. The molecule has 0 saturated heterocycles. The third kappa shape index (κ3) is 3.03. The summed E-state index contributed by atoms with van der Waals surface area (Å²) in [5.41, 5.74) is 2.89. The van der Waals surface area contributed by atoms with E-state index in [0.717, 1.165) is 16.9 Å². The van der Waals surface area contributed by atoms with Gasteiger partial charge in [-0.1, -0.05) is 59.9 Å². The van der Waals surface area contributed by atoms with Crippen LogP contribution in [0.25, 0.3) is 5.57 Å². The molecule has 1 amide bonds. The van der Waals surface area contributed by atoms with Gasteiger partial charge in [-0.15, -0.1) is 0 Å². The van der Waals surface area contributed by atoms with Crippen LogP contribution >= 0.6 is 11.3 Å². The highest BCUT2D eigenvalue weighted by Gasteiger charge is 2.34. The molecule has 1 N–H and O–H groups in total. The van der Waals surface area contributed by atoms with Crippen LogP contribution in [0.4, 0.5) is 5.69 Å². The number of aromatic nitrogens is 1. The van der Waals surface area contributed by atoms with Gasteiger partial charge in [-0.25, -0.2) is 9.79 Å². The standard InChI is InChI=1S/C24H19N3O4S/c1-3-31-23(30)17-13(2)25-24-27(19(17)14-9-5-4-6-10-14)22(29)20(32-24)18-15-11-7-8-12-16(15)26-21(18)28/h4-12,19H,3H2,1-2H3,(H,26,28)/b20-18+. The third-order valence-electron chi connectivity index (χ3n) is 5.51. The quantitative estimate of drug-likeness (QED) is 0.626. The molecular weight excluding hydrogens is 426 g/mol. The van der Waals surface area contributed by atoms with Crippen molar-refractivity contribution in [3.63, 3.8) is 0 Å². The van der Waals surface area contributed by atoms with Gasteiger partial charge in [0, 0.05) is 11.3 Å². The van der Waals surface area contributed by atoms with Gasteiger partial charge in [-0.05, 0) is 25.5 Å². The van der Waals surface area contributed by atoms with Crippen LogP contribution in [0.3, 0.4) is 0 Å². The molecule has 1 unspecified atom stereocenters. The predicted octanol–water partition coefficient (Wildman–Crippen LogP) is 2.12. The summed E-state index contributed by atoms with van der Waals surface area (Å²) in [6.07, 6.45) is 0. The Labute approximate surface area is 187 Å². The van der Waals surface area contributed by atoms with E-state index in [1.54, 1.807) is 19.9 Å². The largest absolute Gasteiger partial charge is 0.463 e. The second kappa shape index (κ2) is 7.72. The summed E-state index contributed by atoms with van der Waals surface area (Å²) < 4.78 is 7.08. The minimum Gasteiger partial charge on any atom is -0.463 e. The minimum atomic E-state index is -0.694. The van der Waals surface area contributed by atoms with Gasteiger partial charge in [0.1, 0.15) is 4.53 Å². The fraction of sp³-hybridized carbons (Fsp3) is 0.167. The van der Waals surface area contributed by atoms with Crippen LogP contribution in [0, 0.1) is 0 Å². The first-order valence-electron chi connectivity index (χ1n) is 10.2. The number of esters is 1. The summed E-state index contributed by atoms with van der Waals surface area (Å²) in [5.74, 6) is -0.835. The molecule has 0 aliphatic carbocycles. The van der Waals surface area contributed by atoms with Gasteiger partial charge in [0.25, 0.3) is 11.5 Å². The van der Waals surface area contributed by atoms with Crippen LogP contribution in [0.15, 0.2) is 75.7 Å². The monoisotopic (exact) mass is 445 g/mol. The zero-order valence-electron chi connectivity index (χ0n) is 17.4. The molecule has 0 bridgehead atoms. The summed E-state index contributed by atoms with van der Waals surface area (Å²) in [7, 11) is 0. The first-order valence-corrected chi connectivity index (χ1v) is 11.0. The van der Waals surface area contributed by atoms with E-state index >= 15 is 0 Å². The Morgan fingerprint density at radius 3 is 2.59 bits per heavy atom. The van der Waals surface area contributed by atoms with E-state index in [1.807, 2.05) is 48.5 Å². The van der Waals surface area contributed by atoms with E-state index in [2.05, 4.69) is 10.3 Å². The Kier molecular flexibility index (Phi) is 4.86. The molecular formula is C24H19N3O4S. The molecule has 2 aliphatic rings. The molecule has 2 aliphatic heterocycles. The number of rotatable bonds is 3. The van der Waals surface area contributed by atoms with Crippen LogP contribution in [0.1, 0.15) is 31.0 Å². The van der Waals surface area contributed by atoms with Crippen molar-refractivity contribution in [1.29, 1.82) is 0 Å². The summed E-state index contributed by atoms with van der Waals surface area (Å²) in [4.78, 5) is 44.3. The van der Waals surface area contributed by atoms with Gasteiger partial charge >= 0.3 is 5.97 Å². The van der Waals surface area contributed by atoms with Crippen LogP contribution in [0.5, 0.6) is 0 Å². The van der Waals surface area contributed by atoms with Crippen molar-refractivity contribution in [1.82, 2.24) is 4.57 Å². The number of hydrogen-bond donors (Lipinski definition) is 1. The lowest BCUT2D eigenvalue weighted by Gasteiger charge is -2.24. The zero-order chi connectivity index (χ0) is 22.4. The van der Waals surface area contributed by atoms with Crippen molar-refractivity contribution < 1.29 is 14.3 Å². The van der Waals surface area contributed by atoms with Crippen LogP contribution in [-0.4, -0.2) is 23.1 Å². The number of anilines is 1. The van der Waals surface area contributed by atoms with E-state index in [0.29, 0.717) is 37.4 Å². The number of nitrogens with zero attached hydrogens (tertiary/aromatic N) is 2. The van der Waals surface area contributed by atoms with E-state index in [1.165, 1.54) is 4.57 Å². The van der Waals surface area contributed by atoms with Crippen LogP contribution in [0.2, 0.25) is 0 Å². The van der Waals surface area contributed by atoms with E-state index in [4.69, 9.17) is 4.74 Å². The fourth-order valence-electron chi connectivity index (χ4n) is 4.14. The summed E-state index contributed by atoms with van der Waals surface area (Å²) >= 11 is 1.16. The van der Waals surface area contributed by atoms with Gasteiger partial charge in [-0.2, -0.15) is 0 Å². The van der Waals surface area contributed by atoms with Crippen LogP contribution in [-0.2, 0) is 14.3 Å². The topological polar surface area (TPSA) is 89.8 Å². The summed E-state index contributed by atoms with van der Waals surface area (Å²) in [5, 5.41) is 2.82. The number of amides is 1. The minimum absolute atomic E-state index is 0.211. The van der Waals surface area contributed by atoms with Gasteiger partial charge in [0.15, 0.2) is 4.80 Å². The molecule has 32 heavy (non-hydrogen) atoms. The molecule has 2 aromatic carbocycles. The normalized spacial score (nSPS) is 18.6. The molecule has 3 heterocycles. The second-order valence-corrected chi connectivity index (χ2v) is 8.39. The second-order valence-electron chi connectivity index (χ2n) is 7.41. The third-order valence-corrected chi connectivity index (χ3v) is 6.56. The molecule has 0 saturated carbocycles. The molecule has 5 rings (SSSR count). The van der Waals surface area contributed by atoms with Gasteiger partial charge in [0.2, 0.25) is 0 Å². The lowest BCUT2D eigenvalue weighted by atomic mass is 9.96. The lowest BCUT2D eigenvalue weighted by molar-refractivity contribution is -0.139. The first-order chi connectivity index (χ1) is 15.5. The first kappa shape index (κ1) is 20.1. The lowest BCUT2D eigenvalue weighted by Crippen LogP contribution is -2.40. The number of para-hydroxylation sites is 1. The number of nitrogens with one attached hydrogen (secondary N) is 1. The van der Waals surface area contributed by atoms with E-state index < -0.39 is 12.0 Å². The number of carbonyl (C=O) groups excluding carboxylic acids is 2. The number of carbonyl (C=O) groups is 2. The molecule has 1 atom stereocenters. The molecule has 3 aromatic rings. The summed E-state index contributed by atoms with van der Waals surface area (Å²) in [6.45, 7) is 3.68. The van der Waals surface area contributed by atoms with Gasteiger partial charge < -0.3 is 10.1 Å². The highest BCUT2D eigenvalue weighted by Crippen LogP contribution is 2.32. The van der Waals surface area contributed by atoms with Crippen LogP contribution < -0.4 is 20.2 Å². The Balaban J connectivity index is 1.83. The van der Waals surface area contributed by atoms with Crippen molar-refractivity contribution in [2.75, 3.05) is 11.9 Å². The zero-order valence-corrected chi connectivity index (χ0v) is 18.2. The molecule has 1 aromatic heterocycles. The number of allylic oxidation sites excluding steroid dienone is 1. The van der Waals surface area contributed by atoms with Crippen molar-refractivity contribution in [2.45, 2.75) is 19.9 Å². The Morgan fingerprint density at radius 1 is 1.12 bits per heavy atom. The predicted molar refractivity (Wildman–Crippen MR) is 121 cm³/mol. The molecule has 0 fully saturated rings. The number of fused-ring (bicyclic) bond motifs is 2. The van der Waals surface area contributed by atoms with E-state index in [9.17, 15) is 14.4 Å². The highest BCUT2D eigenvalue weighted by molar-refractivity contribution is 7.07. The van der Waals surface area contributed by atoms with Crippen molar-refractivity contribution in [3.8, 4) is 0 Å². The van der Waals surface area contributed by atoms with Crippen molar-refractivity contribution >= 4 is 34.5 Å². The number of thiazole rings is 1. The maximum absolute atomic E-state index is 13.7. The summed E-state index contributed by atoms with van der Waals surface area (Å²) in [6, 6.07) is 15.9. The van der Waals surface area contributed by atoms with Gasteiger partial charge in [0.05, 0.1) is 29.5 Å². The van der Waals surface area contributed by atoms with Crippen molar-refractivity contribution in [3.05, 3.63) is 96.7 Å². The average molecular weight is 446 g/mol. The highest BCUT2D eigenvalue weighted by atomic mass is 32.1. The SMILES string of the molecule is CCOC(=O)C1=C(C)N=c2s/c(=C3/C(=O)Nc4ccccc43)c(=O)n2C1c1ccccc1. The Hall–Kier alpha value is -3.78. The molecule has 7 nitrogen and oxygen atoms in total. The maximum Gasteiger partial charge on any atom is 0.338 e.